The average Bonchev–Trinajstić information content (AvgIpc) is 3.16. The lowest BCUT2D eigenvalue weighted by Crippen LogP contribution is -2.08. The second-order valence-corrected chi connectivity index (χ2v) is 6.26. The molecule has 7 heteroatoms. The van der Waals surface area contributed by atoms with Gasteiger partial charge in [-0.3, -0.25) is 4.98 Å². The third-order valence-corrected chi connectivity index (χ3v) is 4.49. The summed E-state index contributed by atoms with van der Waals surface area (Å²) in [6, 6.07) is 12.1. The van der Waals surface area contributed by atoms with E-state index in [0.717, 1.165) is 32.6 Å². The maximum absolute atomic E-state index is 4.64. The minimum absolute atomic E-state index is 0.747. The molecule has 3 aromatic heterocycles. The van der Waals surface area contributed by atoms with Gasteiger partial charge in [-0.25, -0.2) is 0 Å². The Morgan fingerprint density at radius 2 is 1.83 bits per heavy atom. The van der Waals surface area contributed by atoms with Crippen LogP contribution in [-0.4, -0.2) is 38.9 Å². The predicted octanol–water partition coefficient (Wildman–Crippen LogP) is 2.98. The van der Waals surface area contributed by atoms with Crippen molar-refractivity contribution in [1.82, 2.24) is 24.8 Å². The summed E-state index contributed by atoms with van der Waals surface area (Å²) in [5.41, 5.74) is 3.12. The van der Waals surface area contributed by atoms with Crippen molar-refractivity contribution < 1.29 is 0 Å². The monoisotopic (exact) mass is 322 g/mol. The number of fused-ring (bicyclic) bond motifs is 1. The van der Waals surface area contributed by atoms with Gasteiger partial charge in [0.25, 0.3) is 0 Å². The van der Waals surface area contributed by atoms with Crippen LogP contribution in [-0.2, 0) is 0 Å². The van der Waals surface area contributed by atoms with Crippen molar-refractivity contribution in [2.24, 2.45) is 0 Å². The maximum atomic E-state index is 4.64. The van der Waals surface area contributed by atoms with E-state index in [9.17, 15) is 0 Å². The third kappa shape index (κ3) is 2.44. The van der Waals surface area contributed by atoms with Crippen LogP contribution in [0.1, 0.15) is 0 Å². The highest BCUT2D eigenvalue weighted by atomic mass is 32.1. The topological polar surface area (TPSA) is 59.2 Å². The maximum Gasteiger partial charge on any atom is 0.235 e. The quantitative estimate of drug-likeness (QED) is 0.580. The zero-order chi connectivity index (χ0) is 15.8. The van der Waals surface area contributed by atoms with E-state index in [2.05, 4.69) is 37.3 Å². The number of nitrogens with zero attached hydrogens (tertiary/aromatic N) is 6. The second-order valence-electron chi connectivity index (χ2n) is 5.31. The Morgan fingerprint density at radius 1 is 1.00 bits per heavy atom. The molecular weight excluding hydrogens is 308 g/mol. The summed E-state index contributed by atoms with van der Waals surface area (Å²) in [7, 11) is 4.04. The summed E-state index contributed by atoms with van der Waals surface area (Å²) in [5.74, 6) is 0.747. The Hall–Kier alpha value is -2.80. The van der Waals surface area contributed by atoms with E-state index in [0.29, 0.717) is 0 Å². The van der Waals surface area contributed by atoms with Crippen molar-refractivity contribution in [3.63, 3.8) is 0 Å². The van der Waals surface area contributed by atoms with Gasteiger partial charge < -0.3 is 4.90 Å². The smallest absolute Gasteiger partial charge is 0.235 e. The molecule has 114 valence electrons. The minimum Gasteiger partial charge on any atom is -0.378 e. The standard InChI is InChI=1S/C16H14N6S/c1-21(2)13-7-5-11(6-8-13)14-18-19-16-22(14)20-15(23-16)12-4-3-9-17-10-12/h3-10H,1-2H3. The lowest BCUT2D eigenvalue weighted by atomic mass is 10.2. The van der Waals surface area contributed by atoms with E-state index in [1.54, 1.807) is 16.9 Å². The van der Waals surface area contributed by atoms with Crippen molar-refractivity contribution in [2.45, 2.75) is 0 Å². The number of pyridine rings is 1. The number of aromatic nitrogens is 5. The molecular formula is C16H14N6S. The number of hydrogen-bond donors (Lipinski definition) is 0. The van der Waals surface area contributed by atoms with Gasteiger partial charge in [-0.2, -0.15) is 9.61 Å². The fourth-order valence-electron chi connectivity index (χ4n) is 2.31. The van der Waals surface area contributed by atoms with E-state index in [4.69, 9.17) is 0 Å². The fourth-order valence-corrected chi connectivity index (χ4v) is 3.14. The van der Waals surface area contributed by atoms with Crippen LogP contribution in [0.2, 0.25) is 0 Å². The van der Waals surface area contributed by atoms with Crippen molar-refractivity contribution in [3.05, 3.63) is 48.8 Å². The summed E-state index contributed by atoms with van der Waals surface area (Å²) in [4.78, 5) is 6.97. The largest absolute Gasteiger partial charge is 0.378 e. The molecule has 23 heavy (non-hydrogen) atoms. The molecule has 0 saturated heterocycles. The molecule has 0 saturated carbocycles. The SMILES string of the molecule is CN(C)c1ccc(-c2nnc3sc(-c4cccnc4)nn23)cc1. The molecule has 6 nitrogen and oxygen atoms in total. The van der Waals surface area contributed by atoms with Crippen molar-refractivity contribution in [2.75, 3.05) is 19.0 Å². The van der Waals surface area contributed by atoms with Gasteiger partial charge in [0.15, 0.2) is 5.82 Å². The molecule has 0 aliphatic rings. The van der Waals surface area contributed by atoms with Gasteiger partial charge >= 0.3 is 0 Å². The van der Waals surface area contributed by atoms with Gasteiger partial charge in [0.2, 0.25) is 4.96 Å². The number of benzene rings is 1. The Labute approximate surface area is 137 Å². The second kappa shape index (κ2) is 5.44. The Kier molecular flexibility index (Phi) is 3.27. The number of hydrogen-bond acceptors (Lipinski definition) is 6. The summed E-state index contributed by atoms with van der Waals surface area (Å²) in [6.07, 6.45) is 3.55. The highest BCUT2D eigenvalue weighted by molar-refractivity contribution is 7.19. The van der Waals surface area contributed by atoms with Crippen LogP contribution >= 0.6 is 11.3 Å². The van der Waals surface area contributed by atoms with Gasteiger partial charge in [0.1, 0.15) is 5.01 Å². The first-order chi connectivity index (χ1) is 11.2. The van der Waals surface area contributed by atoms with Gasteiger partial charge in [-0.05, 0) is 36.4 Å². The summed E-state index contributed by atoms with van der Waals surface area (Å²) in [5, 5.41) is 14.0. The van der Waals surface area contributed by atoms with Gasteiger partial charge in [-0.1, -0.05) is 11.3 Å². The first-order valence-electron chi connectivity index (χ1n) is 7.13. The number of rotatable bonds is 3. The van der Waals surface area contributed by atoms with Crippen LogP contribution in [0.5, 0.6) is 0 Å². The van der Waals surface area contributed by atoms with E-state index in [-0.39, 0.29) is 0 Å². The summed E-state index contributed by atoms with van der Waals surface area (Å²) >= 11 is 1.50. The highest BCUT2D eigenvalue weighted by Gasteiger charge is 2.14. The average molecular weight is 322 g/mol. The molecule has 0 bridgehead atoms. The van der Waals surface area contributed by atoms with Gasteiger partial charge in [-0.15, -0.1) is 10.2 Å². The molecule has 0 fully saturated rings. The molecule has 0 atom stereocenters. The zero-order valence-corrected chi connectivity index (χ0v) is 13.5. The lowest BCUT2D eigenvalue weighted by molar-refractivity contribution is 0.969. The zero-order valence-electron chi connectivity index (χ0n) is 12.7. The Morgan fingerprint density at radius 3 is 2.52 bits per heavy atom. The first kappa shape index (κ1) is 13.8. The lowest BCUT2D eigenvalue weighted by Gasteiger charge is -2.11. The summed E-state index contributed by atoms with van der Waals surface area (Å²) < 4.78 is 1.79. The molecule has 1 aromatic carbocycles. The normalized spacial score (nSPS) is 11.0. The van der Waals surface area contributed by atoms with Crippen molar-refractivity contribution in [1.29, 1.82) is 0 Å². The molecule has 0 unspecified atom stereocenters. The van der Waals surface area contributed by atoms with Crippen molar-refractivity contribution >= 4 is 22.0 Å². The van der Waals surface area contributed by atoms with Gasteiger partial charge in [0.05, 0.1) is 0 Å². The van der Waals surface area contributed by atoms with E-state index in [1.807, 2.05) is 38.4 Å². The predicted molar refractivity (Wildman–Crippen MR) is 91.7 cm³/mol. The molecule has 0 amide bonds. The van der Waals surface area contributed by atoms with Crippen molar-refractivity contribution in [3.8, 4) is 22.0 Å². The Bertz CT molecular complexity index is 940. The van der Waals surface area contributed by atoms with E-state index in [1.165, 1.54) is 11.3 Å². The van der Waals surface area contributed by atoms with Crippen LogP contribution < -0.4 is 4.90 Å². The van der Waals surface area contributed by atoms with E-state index < -0.39 is 0 Å². The molecule has 4 aromatic rings. The molecule has 0 aliphatic carbocycles. The summed E-state index contributed by atoms with van der Waals surface area (Å²) in [6.45, 7) is 0. The fraction of sp³-hybridized carbons (Fsp3) is 0.125. The molecule has 4 rings (SSSR count). The van der Waals surface area contributed by atoms with Crippen LogP contribution in [0.3, 0.4) is 0 Å². The molecule has 0 spiro atoms. The van der Waals surface area contributed by atoms with Crippen LogP contribution in [0.25, 0.3) is 26.9 Å². The van der Waals surface area contributed by atoms with Crippen LogP contribution in [0.4, 0.5) is 5.69 Å². The van der Waals surface area contributed by atoms with Gasteiger partial charge in [0, 0.05) is 43.3 Å². The molecule has 3 heterocycles. The first-order valence-corrected chi connectivity index (χ1v) is 7.94. The van der Waals surface area contributed by atoms with E-state index >= 15 is 0 Å². The number of anilines is 1. The third-order valence-electron chi connectivity index (χ3n) is 3.54. The Balaban J connectivity index is 1.77. The van der Waals surface area contributed by atoms with Crippen LogP contribution in [0.15, 0.2) is 48.8 Å². The molecule has 0 radical (unpaired) electrons. The molecule has 0 N–H and O–H groups in total. The highest BCUT2D eigenvalue weighted by Crippen LogP contribution is 2.28. The minimum atomic E-state index is 0.747. The molecule has 0 aliphatic heterocycles. The van der Waals surface area contributed by atoms with Crippen LogP contribution in [0, 0.1) is 0 Å².